The minimum absolute atomic E-state index is 0. The van der Waals surface area contributed by atoms with Crippen molar-refractivity contribution in [2.45, 2.75) is 0 Å². The molecular formula is C7H5ClKNS2. The average Bonchev–Trinajstić information content (AvgIpc) is 2.27. The Labute approximate surface area is 128 Å². The van der Waals surface area contributed by atoms with Crippen molar-refractivity contribution in [3.8, 4) is 0 Å². The molecule has 1 nitrogen and oxygen atoms in total. The summed E-state index contributed by atoms with van der Waals surface area (Å²) in [5, 5.41) is 0.753. The molecule has 1 heterocycles. The van der Waals surface area contributed by atoms with Crippen molar-refractivity contribution in [2.24, 2.45) is 0 Å². The van der Waals surface area contributed by atoms with Crippen molar-refractivity contribution in [3.63, 3.8) is 0 Å². The third kappa shape index (κ3) is 2.39. The fraction of sp³-hybridized carbons (Fsp3) is 0. The summed E-state index contributed by atoms with van der Waals surface area (Å²) in [6.45, 7) is 0. The van der Waals surface area contributed by atoms with Crippen molar-refractivity contribution in [1.82, 2.24) is 4.98 Å². The van der Waals surface area contributed by atoms with Crippen LogP contribution in [-0.4, -0.2) is 4.98 Å². The Balaban J connectivity index is 0.000000720. The van der Waals surface area contributed by atoms with E-state index >= 15 is 0 Å². The molecule has 0 bridgehead atoms. The third-order valence-electron chi connectivity index (χ3n) is 1.38. The first-order valence-corrected chi connectivity index (χ1v) is 4.64. The molecule has 0 unspecified atom stereocenters. The molecule has 0 saturated carbocycles. The first-order chi connectivity index (χ1) is 5.25. The van der Waals surface area contributed by atoms with Gasteiger partial charge >= 0.3 is 51.4 Å². The molecule has 0 saturated heterocycles. The van der Waals surface area contributed by atoms with Gasteiger partial charge in [0.15, 0.2) is 3.95 Å². The van der Waals surface area contributed by atoms with Gasteiger partial charge in [-0.25, -0.2) is 0 Å². The third-order valence-corrected chi connectivity index (χ3v) is 2.82. The summed E-state index contributed by atoms with van der Waals surface area (Å²) in [7, 11) is 0. The zero-order chi connectivity index (χ0) is 7.84. The fourth-order valence-corrected chi connectivity index (χ4v) is 2.31. The number of halogens is 1. The molecule has 0 amide bonds. The number of rotatable bonds is 0. The molecule has 0 aliphatic carbocycles. The molecule has 0 aliphatic heterocycles. The summed E-state index contributed by atoms with van der Waals surface area (Å²) in [6, 6.07) is 5.69. The van der Waals surface area contributed by atoms with Gasteiger partial charge in [0, 0.05) is 5.02 Å². The monoisotopic (exact) mass is 241 g/mol. The van der Waals surface area contributed by atoms with Gasteiger partial charge in [0.1, 0.15) is 0 Å². The molecule has 5 heteroatoms. The Morgan fingerprint density at radius 1 is 1.50 bits per heavy atom. The van der Waals surface area contributed by atoms with Gasteiger partial charge in [0.25, 0.3) is 0 Å². The van der Waals surface area contributed by atoms with Crippen LogP contribution in [0.25, 0.3) is 10.2 Å². The number of thiazole rings is 1. The van der Waals surface area contributed by atoms with Crippen LogP contribution in [0.4, 0.5) is 0 Å². The Bertz CT molecular complexity index is 453. The Morgan fingerprint density at radius 2 is 2.25 bits per heavy atom. The molecule has 0 spiro atoms. The van der Waals surface area contributed by atoms with Crippen molar-refractivity contribution in [1.29, 1.82) is 0 Å². The number of H-pyrrole nitrogens is 1. The molecule has 58 valence electrons. The van der Waals surface area contributed by atoms with E-state index < -0.39 is 0 Å². The number of aromatic amines is 1. The maximum Gasteiger partial charge on any atom is 1.00 e. The van der Waals surface area contributed by atoms with E-state index in [1.54, 1.807) is 11.3 Å². The van der Waals surface area contributed by atoms with Gasteiger partial charge in [0.05, 0.1) is 10.2 Å². The van der Waals surface area contributed by atoms with E-state index in [-0.39, 0.29) is 52.8 Å². The number of hydrogen-bond acceptors (Lipinski definition) is 2. The maximum absolute atomic E-state index is 5.79. The van der Waals surface area contributed by atoms with Crippen LogP contribution in [0.3, 0.4) is 0 Å². The van der Waals surface area contributed by atoms with Crippen LogP contribution in [0.5, 0.6) is 0 Å². The van der Waals surface area contributed by atoms with Crippen molar-refractivity contribution in [3.05, 3.63) is 27.2 Å². The van der Waals surface area contributed by atoms with Crippen LogP contribution in [0.2, 0.25) is 5.02 Å². The number of benzene rings is 1. The summed E-state index contributed by atoms with van der Waals surface area (Å²) in [5.74, 6) is 0. The Kier molecular flexibility index (Phi) is 4.40. The molecule has 0 radical (unpaired) electrons. The van der Waals surface area contributed by atoms with Gasteiger partial charge < -0.3 is 6.41 Å². The second kappa shape index (κ2) is 4.66. The fourth-order valence-electron chi connectivity index (χ4n) is 0.919. The van der Waals surface area contributed by atoms with E-state index in [0.717, 1.165) is 19.2 Å². The second-order valence-electron chi connectivity index (χ2n) is 2.16. The molecular weight excluding hydrogens is 237 g/mol. The quantitative estimate of drug-likeness (QED) is 0.531. The summed E-state index contributed by atoms with van der Waals surface area (Å²) in [5.41, 5.74) is 1.06. The molecule has 12 heavy (non-hydrogen) atoms. The topological polar surface area (TPSA) is 15.8 Å². The first-order valence-electron chi connectivity index (χ1n) is 3.04. The van der Waals surface area contributed by atoms with Gasteiger partial charge in [-0.15, -0.1) is 11.3 Å². The largest absolute Gasteiger partial charge is 1.00 e. The predicted molar refractivity (Wildman–Crippen MR) is 53.1 cm³/mol. The summed E-state index contributed by atoms with van der Waals surface area (Å²) in [6.07, 6.45) is 0. The number of nitrogens with one attached hydrogen (secondary N) is 1. The Morgan fingerprint density at radius 3 is 3.00 bits per heavy atom. The van der Waals surface area contributed by atoms with Crippen LogP contribution < -0.4 is 51.4 Å². The summed E-state index contributed by atoms with van der Waals surface area (Å²) >= 11 is 12.3. The van der Waals surface area contributed by atoms with E-state index in [0.29, 0.717) is 0 Å². The van der Waals surface area contributed by atoms with E-state index in [9.17, 15) is 0 Å². The summed E-state index contributed by atoms with van der Waals surface area (Å²) in [4.78, 5) is 3.06. The van der Waals surface area contributed by atoms with Crippen LogP contribution in [0.15, 0.2) is 18.2 Å². The van der Waals surface area contributed by atoms with E-state index in [1.807, 2.05) is 18.2 Å². The molecule has 2 rings (SSSR count). The van der Waals surface area contributed by atoms with Gasteiger partial charge in [-0.3, -0.25) is 0 Å². The number of aromatic nitrogens is 1. The SMILES string of the molecule is S=c1[nH]c2ccc(Cl)cc2s1.[H-].[K+]. The molecule has 2 aromatic rings. The summed E-state index contributed by atoms with van der Waals surface area (Å²) < 4.78 is 1.91. The first kappa shape index (κ1) is 11.3. The van der Waals surface area contributed by atoms with Crippen LogP contribution in [-0.2, 0) is 0 Å². The number of hydrogen-bond donors (Lipinski definition) is 1. The standard InChI is InChI=1S/C7H4ClNS2.K.H/c8-4-1-2-5-6(3-4)11-7(10)9-5;;/h1-3H,(H,9,10);;/q;+1;-1. The minimum Gasteiger partial charge on any atom is -1.00 e. The van der Waals surface area contributed by atoms with Gasteiger partial charge in [-0.1, -0.05) is 11.6 Å². The zero-order valence-corrected chi connectivity index (χ0v) is 11.9. The average molecular weight is 242 g/mol. The molecule has 1 N–H and O–H groups in total. The van der Waals surface area contributed by atoms with Crippen LogP contribution in [0.1, 0.15) is 1.43 Å². The van der Waals surface area contributed by atoms with E-state index in [1.165, 1.54) is 0 Å². The van der Waals surface area contributed by atoms with Crippen molar-refractivity contribution in [2.75, 3.05) is 0 Å². The zero-order valence-electron chi connectivity index (χ0n) is 7.43. The maximum atomic E-state index is 5.79. The Hall–Kier alpha value is 1.26. The van der Waals surface area contributed by atoms with Crippen molar-refractivity contribution < 1.29 is 52.8 Å². The number of fused-ring (bicyclic) bond motifs is 1. The van der Waals surface area contributed by atoms with Crippen molar-refractivity contribution >= 4 is 45.4 Å². The predicted octanol–water partition coefficient (Wildman–Crippen LogP) is 0.729. The minimum atomic E-state index is 0. The molecule has 1 aromatic heterocycles. The van der Waals surface area contributed by atoms with E-state index in [2.05, 4.69) is 4.98 Å². The van der Waals surface area contributed by atoms with Gasteiger partial charge in [-0.2, -0.15) is 0 Å². The molecule has 1 aromatic carbocycles. The van der Waals surface area contributed by atoms with E-state index in [4.69, 9.17) is 23.8 Å². The second-order valence-corrected chi connectivity index (χ2v) is 4.31. The molecule has 0 atom stereocenters. The molecule has 0 fully saturated rings. The molecule has 0 aliphatic rings. The normalized spacial score (nSPS) is 9.75. The van der Waals surface area contributed by atoms with Gasteiger partial charge in [0.2, 0.25) is 0 Å². The van der Waals surface area contributed by atoms with Crippen LogP contribution in [0, 0.1) is 3.95 Å². The van der Waals surface area contributed by atoms with Crippen LogP contribution >= 0.6 is 35.2 Å². The smallest absolute Gasteiger partial charge is 1.00 e. The van der Waals surface area contributed by atoms with Gasteiger partial charge in [-0.05, 0) is 30.4 Å².